The Morgan fingerprint density at radius 3 is 2.40 bits per heavy atom. The lowest BCUT2D eigenvalue weighted by Crippen LogP contribution is -2.36. The third kappa shape index (κ3) is 5.47. The third-order valence-corrected chi connectivity index (χ3v) is 5.25. The molecule has 0 aliphatic carbocycles. The van der Waals surface area contributed by atoms with Gasteiger partial charge in [-0.1, -0.05) is 39.0 Å². The largest absolute Gasteiger partial charge is 0.338 e. The number of aromatic nitrogens is 3. The molecular weight excluding hydrogens is 374 g/mol. The fraction of sp³-hybridized carbons (Fsp3) is 0.375. The van der Waals surface area contributed by atoms with Crippen LogP contribution in [0.1, 0.15) is 48.6 Å². The molecule has 2 N–H and O–H groups in total. The van der Waals surface area contributed by atoms with E-state index in [0.29, 0.717) is 13.1 Å². The van der Waals surface area contributed by atoms with E-state index in [1.54, 1.807) is 18.7 Å². The molecule has 0 atom stereocenters. The lowest BCUT2D eigenvalue weighted by molar-refractivity contribution is 0.240. The summed E-state index contributed by atoms with van der Waals surface area (Å²) in [6.07, 6.45) is 7.83. The highest BCUT2D eigenvalue weighted by molar-refractivity contribution is 5.73. The average molecular weight is 406 g/mol. The van der Waals surface area contributed by atoms with Crippen molar-refractivity contribution < 1.29 is 4.79 Å². The molecule has 3 rings (SSSR count). The number of nitrogens with one attached hydrogen (secondary N) is 2. The number of urea groups is 1. The van der Waals surface area contributed by atoms with E-state index in [9.17, 15) is 4.79 Å². The predicted octanol–water partition coefficient (Wildman–Crippen LogP) is 4.22. The van der Waals surface area contributed by atoms with Crippen molar-refractivity contribution in [2.75, 3.05) is 6.54 Å². The summed E-state index contributed by atoms with van der Waals surface area (Å²) in [4.78, 5) is 20.6. The first-order chi connectivity index (χ1) is 14.2. The molecule has 0 aliphatic heterocycles. The Hall–Kier alpha value is -3.15. The summed E-state index contributed by atoms with van der Waals surface area (Å²) in [6, 6.07) is 8.22. The summed E-state index contributed by atoms with van der Waals surface area (Å²) < 4.78 is 1.84. The number of benzene rings is 1. The van der Waals surface area contributed by atoms with Crippen LogP contribution in [-0.4, -0.2) is 27.1 Å². The van der Waals surface area contributed by atoms with E-state index in [4.69, 9.17) is 0 Å². The first-order valence-electron chi connectivity index (χ1n) is 10.3. The predicted molar refractivity (Wildman–Crippen MR) is 120 cm³/mol. The van der Waals surface area contributed by atoms with E-state index in [1.165, 1.54) is 22.3 Å². The van der Waals surface area contributed by atoms with E-state index in [1.807, 2.05) is 22.9 Å². The minimum atomic E-state index is -0.171. The standard InChI is InChI=1S/C24H31N5O/c1-17-12-20(24(3,4)5)13-18(2)21(17)8-9-26-23(30)28-15-19-6-7-22(27-14-19)29-11-10-25-16-29/h6-7,10-14,16H,8-9,15H2,1-5H3,(H2,26,28,30). The Morgan fingerprint density at radius 2 is 1.83 bits per heavy atom. The highest BCUT2D eigenvalue weighted by Crippen LogP contribution is 2.27. The van der Waals surface area contributed by atoms with Crippen LogP contribution < -0.4 is 10.6 Å². The van der Waals surface area contributed by atoms with Crippen LogP contribution in [0.4, 0.5) is 4.79 Å². The van der Waals surface area contributed by atoms with Crippen molar-refractivity contribution in [1.82, 2.24) is 25.2 Å². The molecule has 0 fully saturated rings. The molecule has 158 valence electrons. The van der Waals surface area contributed by atoms with Crippen LogP contribution >= 0.6 is 0 Å². The highest BCUT2D eigenvalue weighted by atomic mass is 16.2. The van der Waals surface area contributed by atoms with Crippen LogP contribution in [-0.2, 0) is 18.4 Å². The maximum atomic E-state index is 12.2. The number of nitrogens with zero attached hydrogens (tertiary/aromatic N) is 3. The maximum absolute atomic E-state index is 12.2. The van der Waals surface area contributed by atoms with Crippen molar-refractivity contribution in [3.63, 3.8) is 0 Å². The van der Waals surface area contributed by atoms with Gasteiger partial charge >= 0.3 is 6.03 Å². The molecule has 0 radical (unpaired) electrons. The number of hydrogen-bond acceptors (Lipinski definition) is 3. The van der Waals surface area contributed by atoms with Gasteiger partial charge in [0, 0.05) is 31.7 Å². The molecule has 2 amide bonds. The number of amides is 2. The zero-order chi connectivity index (χ0) is 21.7. The molecular formula is C24H31N5O. The smallest absolute Gasteiger partial charge is 0.315 e. The number of rotatable bonds is 6. The quantitative estimate of drug-likeness (QED) is 0.645. The van der Waals surface area contributed by atoms with Gasteiger partial charge in [0.25, 0.3) is 0 Å². The SMILES string of the molecule is Cc1cc(C(C)(C)C)cc(C)c1CCNC(=O)NCc1ccc(-n2ccnc2)nc1. The third-order valence-electron chi connectivity index (χ3n) is 5.25. The number of hydrogen-bond donors (Lipinski definition) is 2. The second-order valence-electron chi connectivity index (χ2n) is 8.69. The molecule has 0 spiro atoms. The summed E-state index contributed by atoms with van der Waals surface area (Å²) >= 11 is 0. The first-order valence-corrected chi connectivity index (χ1v) is 10.3. The van der Waals surface area contributed by atoms with E-state index in [-0.39, 0.29) is 11.4 Å². The van der Waals surface area contributed by atoms with Crippen LogP contribution in [0.25, 0.3) is 5.82 Å². The molecule has 0 unspecified atom stereocenters. The normalized spacial score (nSPS) is 11.4. The second-order valence-corrected chi connectivity index (χ2v) is 8.69. The van der Waals surface area contributed by atoms with Gasteiger partial charge in [0.2, 0.25) is 0 Å². The van der Waals surface area contributed by atoms with Crippen molar-refractivity contribution in [2.24, 2.45) is 0 Å². The van der Waals surface area contributed by atoms with Gasteiger partial charge in [-0.25, -0.2) is 14.8 Å². The zero-order valence-corrected chi connectivity index (χ0v) is 18.5. The molecule has 6 nitrogen and oxygen atoms in total. The number of carbonyl (C=O) groups excluding carboxylic acids is 1. The van der Waals surface area contributed by atoms with Gasteiger partial charge in [-0.05, 0) is 59.6 Å². The Morgan fingerprint density at radius 1 is 1.10 bits per heavy atom. The Kier molecular flexibility index (Phi) is 6.55. The van der Waals surface area contributed by atoms with Crippen molar-refractivity contribution in [2.45, 2.75) is 53.0 Å². The number of aryl methyl sites for hydroxylation is 2. The monoisotopic (exact) mass is 405 g/mol. The van der Waals surface area contributed by atoms with E-state index >= 15 is 0 Å². The van der Waals surface area contributed by atoms with Crippen molar-refractivity contribution in [3.05, 3.63) is 77.0 Å². The van der Waals surface area contributed by atoms with Crippen LogP contribution in [0.15, 0.2) is 49.2 Å². The van der Waals surface area contributed by atoms with Crippen molar-refractivity contribution in [3.8, 4) is 5.82 Å². The number of pyridine rings is 1. The van der Waals surface area contributed by atoms with Gasteiger partial charge in [0.05, 0.1) is 0 Å². The molecule has 0 aliphatic rings. The lowest BCUT2D eigenvalue weighted by atomic mass is 9.83. The summed E-state index contributed by atoms with van der Waals surface area (Å²) in [7, 11) is 0. The van der Waals surface area contributed by atoms with Gasteiger partial charge in [-0.15, -0.1) is 0 Å². The topological polar surface area (TPSA) is 71.8 Å². The fourth-order valence-electron chi connectivity index (χ4n) is 3.44. The number of imidazole rings is 1. The molecule has 6 heteroatoms. The van der Waals surface area contributed by atoms with E-state index in [0.717, 1.165) is 17.8 Å². The zero-order valence-electron chi connectivity index (χ0n) is 18.5. The fourth-order valence-corrected chi connectivity index (χ4v) is 3.44. The molecule has 2 aromatic heterocycles. The second kappa shape index (κ2) is 9.11. The van der Waals surface area contributed by atoms with E-state index in [2.05, 4.69) is 67.4 Å². The van der Waals surface area contributed by atoms with Crippen molar-refractivity contribution >= 4 is 6.03 Å². The molecule has 3 aromatic rings. The Labute approximate surface area is 178 Å². The van der Waals surface area contributed by atoms with Gasteiger partial charge in [0.1, 0.15) is 12.1 Å². The van der Waals surface area contributed by atoms with E-state index < -0.39 is 0 Å². The van der Waals surface area contributed by atoms with Gasteiger partial charge in [-0.2, -0.15) is 0 Å². The van der Waals surface area contributed by atoms with Crippen LogP contribution in [0.2, 0.25) is 0 Å². The van der Waals surface area contributed by atoms with Gasteiger partial charge in [0.15, 0.2) is 0 Å². The molecule has 30 heavy (non-hydrogen) atoms. The van der Waals surface area contributed by atoms with Gasteiger partial charge in [-0.3, -0.25) is 4.57 Å². The summed E-state index contributed by atoms with van der Waals surface area (Å²) in [6.45, 7) is 12.0. The van der Waals surface area contributed by atoms with Crippen molar-refractivity contribution in [1.29, 1.82) is 0 Å². The average Bonchev–Trinajstić information content (AvgIpc) is 3.23. The minimum absolute atomic E-state index is 0.137. The highest BCUT2D eigenvalue weighted by Gasteiger charge is 2.16. The molecule has 0 saturated carbocycles. The molecule has 0 bridgehead atoms. The van der Waals surface area contributed by atoms with Gasteiger partial charge < -0.3 is 10.6 Å². The maximum Gasteiger partial charge on any atom is 0.315 e. The molecule has 0 saturated heterocycles. The summed E-state index contributed by atoms with van der Waals surface area (Å²) in [5.74, 6) is 0.795. The Balaban J connectivity index is 1.47. The number of carbonyl (C=O) groups is 1. The molecule has 1 aromatic carbocycles. The van der Waals surface area contributed by atoms with Crippen LogP contribution in [0.3, 0.4) is 0 Å². The van der Waals surface area contributed by atoms with Crippen LogP contribution in [0, 0.1) is 13.8 Å². The summed E-state index contributed by atoms with van der Waals surface area (Å²) in [5.41, 5.74) is 6.30. The summed E-state index contributed by atoms with van der Waals surface area (Å²) in [5, 5.41) is 5.84. The minimum Gasteiger partial charge on any atom is -0.338 e. The Bertz CT molecular complexity index is 962. The first kappa shape index (κ1) is 21.6. The molecule has 2 heterocycles. The van der Waals surface area contributed by atoms with Crippen LogP contribution in [0.5, 0.6) is 0 Å². The lowest BCUT2D eigenvalue weighted by Gasteiger charge is -2.22.